The van der Waals surface area contributed by atoms with Crippen molar-refractivity contribution in [3.05, 3.63) is 98.7 Å². The lowest BCUT2D eigenvalue weighted by Gasteiger charge is -2.20. The van der Waals surface area contributed by atoms with E-state index in [1.165, 1.54) is 41.1 Å². The Bertz CT molecular complexity index is 1300. The van der Waals surface area contributed by atoms with E-state index in [0.29, 0.717) is 16.7 Å². The van der Waals surface area contributed by atoms with Crippen LogP contribution in [0.15, 0.2) is 75.6 Å². The quantitative estimate of drug-likeness (QED) is 0.341. The molecule has 0 amide bonds. The van der Waals surface area contributed by atoms with Gasteiger partial charge in [0, 0.05) is 48.5 Å². The summed E-state index contributed by atoms with van der Waals surface area (Å²) in [5, 5.41) is 13.3. The van der Waals surface area contributed by atoms with E-state index in [4.69, 9.17) is 11.6 Å². The number of hydrogen-bond acceptors (Lipinski definition) is 5. The van der Waals surface area contributed by atoms with Crippen LogP contribution in [0.5, 0.6) is 0 Å². The van der Waals surface area contributed by atoms with Crippen LogP contribution < -0.4 is 5.56 Å². The number of nitrogens with zero attached hydrogens (tertiary/aromatic N) is 2. The fourth-order valence-corrected chi connectivity index (χ4v) is 4.10. The van der Waals surface area contributed by atoms with Crippen LogP contribution in [-0.4, -0.2) is 30.2 Å². The maximum atomic E-state index is 14.8. The van der Waals surface area contributed by atoms with E-state index < -0.39 is 21.6 Å². The number of benzene rings is 2. The second-order valence-electron chi connectivity index (χ2n) is 7.18. The van der Waals surface area contributed by atoms with Crippen molar-refractivity contribution in [3.8, 4) is 0 Å². The Kier molecular flexibility index (Phi) is 6.62. The molecule has 162 valence electrons. The van der Waals surface area contributed by atoms with Crippen molar-refractivity contribution in [1.29, 1.82) is 0 Å². The van der Waals surface area contributed by atoms with Crippen molar-refractivity contribution in [2.75, 3.05) is 6.26 Å². The van der Waals surface area contributed by atoms with Gasteiger partial charge in [0.15, 0.2) is 9.84 Å². The minimum atomic E-state index is -3.39. The molecule has 3 aromatic rings. The molecule has 1 atom stereocenters. The maximum absolute atomic E-state index is 14.8. The first kappa shape index (κ1) is 22.7. The molecule has 1 N–H and O–H groups in total. The predicted octanol–water partition coefficient (Wildman–Crippen LogP) is 3.98. The number of oxime groups is 1. The van der Waals surface area contributed by atoms with Crippen LogP contribution >= 0.6 is 11.6 Å². The number of sulfone groups is 1. The Hall–Kier alpha value is -2.97. The zero-order chi connectivity index (χ0) is 22.8. The van der Waals surface area contributed by atoms with Crippen molar-refractivity contribution in [1.82, 2.24) is 4.57 Å². The third-order valence-corrected chi connectivity index (χ3v) is 6.35. The summed E-state index contributed by atoms with van der Waals surface area (Å²) in [5.74, 6) is -1.14. The zero-order valence-electron chi connectivity index (χ0n) is 16.8. The molecule has 0 radical (unpaired) electrons. The molecule has 1 heterocycles. The smallest absolute Gasteiger partial charge is 0.250 e. The summed E-state index contributed by atoms with van der Waals surface area (Å²) in [7, 11) is -1.82. The average molecular weight is 463 g/mol. The van der Waals surface area contributed by atoms with Crippen LogP contribution in [-0.2, 0) is 16.9 Å². The number of aromatic nitrogens is 1. The highest BCUT2D eigenvalue weighted by Crippen LogP contribution is 2.33. The Morgan fingerprint density at radius 3 is 2.39 bits per heavy atom. The molecule has 3 rings (SSSR count). The van der Waals surface area contributed by atoms with Gasteiger partial charge in [0.05, 0.1) is 10.6 Å². The topological polar surface area (TPSA) is 88.7 Å². The van der Waals surface area contributed by atoms with Gasteiger partial charge in [-0.05, 0) is 41.5 Å². The molecular weight excluding hydrogens is 443 g/mol. The van der Waals surface area contributed by atoms with Crippen LogP contribution in [0.3, 0.4) is 0 Å². The first-order valence-corrected chi connectivity index (χ1v) is 11.5. The number of aryl methyl sites for hydroxylation is 1. The Labute approximate surface area is 184 Å². The van der Waals surface area contributed by atoms with Crippen LogP contribution in [0.1, 0.15) is 29.0 Å². The Balaban J connectivity index is 2.09. The number of pyridine rings is 1. The van der Waals surface area contributed by atoms with E-state index in [0.717, 1.165) is 6.26 Å². The van der Waals surface area contributed by atoms with Crippen molar-refractivity contribution in [3.63, 3.8) is 0 Å². The Morgan fingerprint density at radius 1 is 1.16 bits per heavy atom. The molecule has 0 fully saturated rings. The van der Waals surface area contributed by atoms with E-state index in [2.05, 4.69) is 5.16 Å². The van der Waals surface area contributed by atoms with Gasteiger partial charge in [-0.25, -0.2) is 12.8 Å². The summed E-state index contributed by atoms with van der Waals surface area (Å²) in [4.78, 5) is 11.8. The molecule has 0 aliphatic carbocycles. The van der Waals surface area contributed by atoms with Gasteiger partial charge < -0.3 is 9.77 Å². The van der Waals surface area contributed by atoms with Gasteiger partial charge in [0.1, 0.15) is 5.82 Å². The van der Waals surface area contributed by atoms with E-state index in [9.17, 15) is 22.8 Å². The maximum Gasteiger partial charge on any atom is 0.250 e. The number of rotatable bonds is 6. The van der Waals surface area contributed by atoms with E-state index in [1.54, 1.807) is 31.3 Å². The molecule has 0 aliphatic heterocycles. The molecule has 0 saturated heterocycles. The predicted molar refractivity (Wildman–Crippen MR) is 117 cm³/mol. The summed E-state index contributed by atoms with van der Waals surface area (Å²) in [5.41, 5.74) is 1.44. The Morgan fingerprint density at radius 2 is 1.84 bits per heavy atom. The molecule has 2 aromatic carbocycles. The fourth-order valence-electron chi connectivity index (χ4n) is 3.31. The molecule has 0 spiro atoms. The van der Waals surface area contributed by atoms with E-state index in [-0.39, 0.29) is 27.6 Å². The average Bonchev–Trinajstić information content (AvgIpc) is 2.71. The molecule has 1 unspecified atom stereocenters. The van der Waals surface area contributed by atoms with Crippen molar-refractivity contribution in [2.45, 2.75) is 17.2 Å². The van der Waals surface area contributed by atoms with Crippen molar-refractivity contribution < 1.29 is 18.0 Å². The highest BCUT2D eigenvalue weighted by Gasteiger charge is 2.23. The van der Waals surface area contributed by atoms with Gasteiger partial charge in [-0.15, -0.1) is 0 Å². The van der Waals surface area contributed by atoms with Crippen LogP contribution in [0.25, 0.3) is 0 Å². The van der Waals surface area contributed by atoms with Crippen LogP contribution in [0, 0.1) is 5.82 Å². The molecule has 0 bridgehead atoms. The molecule has 31 heavy (non-hydrogen) atoms. The van der Waals surface area contributed by atoms with Gasteiger partial charge >= 0.3 is 0 Å². The molecule has 0 aliphatic rings. The number of halogens is 2. The normalized spacial score (nSPS) is 13.2. The molecular formula is C22H20ClFN2O4S. The van der Waals surface area contributed by atoms with Gasteiger partial charge in [0.2, 0.25) is 5.56 Å². The molecule has 1 aromatic heterocycles. The van der Waals surface area contributed by atoms with Gasteiger partial charge in [0.25, 0.3) is 0 Å². The van der Waals surface area contributed by atoms with E-state index in [1.807, 2.05) is 0 Å². The minimum absolute atomic E-state index is 0.0888. The lowest BCUT2D eigenvalue weighted by atomic mass is 9.85. The monoisotopic (exact) mass is 462 g/mol. The summed E-state index contributed by atoms with van der Waals surface area (Å²) in [6, 6.07) is 13.3. The lowest BCUT2D eigenvalue weighted by molar-refractivity contribution is 0.317. The highest BCUT2D eigenvalue weighted by atomic mass is 35.5. The highest BCUT2D eigenvalue weighted by molar-refractivity contribution is 7.90. The summed E-state index contributed by atoms with van der Waals surface area (Å²) < 4.78 is 39.7. The first-order chi connectivity index (χ1) is 14.6. The van der Waals surface area contributed by atoms with E-state index >= 15 is 0 Å². The SMILES string of the molecule is Cn1cc(/C(CC(c2ccc(S(C)(=O)=O)cc2)c2ccc(Cl)cc2F)=N\O)ccc1=O. The largest absolute Gasteiger partial charge is 0.411 e. The minimum Gasteiger partial charge on any atom is -0.411 e. The summed E-state index contributed by atoms with van der Waals surface area (Å²) >= 11 is 5.90. The zero-order valence-corrected chi connectivity index (χ0v) is 18.4. The standard InChI is InChI=1S/C22H20ClFN2O4S/c1-26-13-15(5-10-22(26)27)21(25-28)12-19(18-9-6-16(23)11-20(18)24)14-3-7-17(8-4-14)31(2,29)30/h3-11,13,19,28H,12H2,1-2H3/b25-21-. The molecule has 9 heteroatoms. The fraction of sp³-hybridized carbons (Fsp3) is 0.182. The first-order valence-electron chi connectivity index (χ1n) is 9.23. The van der Waals surface area contributed by atoms with Crippen LogP contribution in [0.2, 0.25) is 5.02 Å². The van der Waals surface area contributed by atoms with Gasteiger partial charge in [-0.3, -0.25) is 4.79 Å². The second kappa shape index (κ2) is 9.03. The van der Waals surface area contributed by atoms with Crippen molar-refractivity contribution >= 4 is 27.1 Å². The third-order valence-electron chi connectivity index (χ3n) is 4.99. The third kappa shape index (κ3) is 5.21. The lowest BCUT2D eigenvalue weighted by Crippen LogP contribution is -2.18. The summed E-state index contributed by atoms with van der Waals surface area (Å²) in [6.45, 7) is 0. The second-order valence-corrected chi connectivity index (χ2v) is 9.63. The molecule has 0 saturated carbocycles. The molecule has 6 nitrogen and oxygen atoms in total. The number of hydrogen-bond donors (Lipinski definition) is 1. The van der Waals surface area contributed by atoms with Gasteiger partial charge in [-0.2, -0.15) is 0 Å². The van der Waals surface area contributed by atoms with Gasteiger partial charge in [-0.1, -0.05) is 35.0 Å². The van der Waals surface area contributed by atoms with Crippen molar-refractivity contribution in [2.24, 2.45) is 12.2 Å². The summed E-state index contributed by atoms with van der Waals surface area (Å²) in [6.07, 6.45) is 2.72. The van der Waals surface area contributed by atoms with Crippen LogP contribution in [0.4, 0.5) is 4.39 Å².